The number of nitrogens with zero attached hydrogens (tertiary/aromatic N) is 1. The van der Waals surface area contributed by atoms with Gasteiger partial charge in [-0.15, -0.1) is 0 Å². The van der Waals surface area contributed by atoms with E-state index >= 15 is 0 Å². The first-order valence-electron chi connectivity index (χ1n) is 7.89. The second kappa shape index (κ2) is 6.84. The lowest BCUT2D eigenvalue weighted by Crippen LogP contribution is -2.47. The highest BCUT2D eigenvalue weighted by molar-refractivity contribution is 5.90. The van der Waals surface area contributed by atoms with E-state index in [0.717, 1.165) is 16.7 Å². The highest BCUT2D eigenvalue weighted by atomic mass is 16.5. The van der Waals surface area contributed by atoms with Gasteiger partial charge in [-0.05, 0) is 23.1 Å². The van der Waals surface area contributed by atoms with Crippen LogP contribution in [0.1, 0.15) is 28.8 Å². The maximum absolute atomic E-state index is 13.0. The van der Waals surface area contributed by atoms with Crippen LogP contribution < -0.4 is 5.73 Å². The molecule has 0 aromatic heterocycles. The number of hydrogen-bond donors (Lipinski definition) is 1. The smallest absolute Gasteiger partial charge is 0.257 e. The maximum atomic E-state index is 13.0. The van der Waals surface area contributed by atoms with E-state index in [-0.39, 0.29) is 5.91 Å². The number of benzene rings is 2. The number of methoxy groups -OCH3 is 1. The number of rotatable bonds is 4. The van der Waals surface area contributed by atoms with Crippen LogP contribution in [-0.2, 0) is 20.7 Å². The Morgan fingerprint density at radius 3 is 2.46 bits per heavy atom. The van der Waals surface area contributed by atoms with Gasteiger partial charge in [0.15, 0.2) is 6.10 Å². The van der Waals surface area contributed by atoms with Gasteiger partial charge in [-0.25, -0.2) is 0 Å². The SMILES string of the molecule is COC(C(=O)N1CCc2ccccc2C1C(N)=O)c1ccccc1. The Morgan fingerprint density at radius 2 is 1.79 bits per heavy atom. The largest absolute Gasteiger partial charge is 0.368 e. The third-order valence-electron chi connectivity index (χ3n) is 4.40. The number of primary amides is 1. The molecule has 2 amide bonds. The predicted molar refractivity (Wildman–Crippen MR) is 90.0 cm³/mol. The van der Waals surface area contributed by atoms with Gasteiger partial charge in [0.05, 0.1) is 0 Å². The van der Waals surface area contributed by atoms with Crippen molar-refractivity contribution in [1.82, 2.24) is 4.90 Å². The minimum Gasteiger partial charge on any atom is -0.368 e. The Balaban J connectivity index is 1.95. The van der Waals surface area contributed by atoms with Gasteiger partial charge >= 0.3 is 0 Å². The van der Waals surface area contributed by atoms with E-state index in [1.165, 1.54) is 12.0 Å². The summed E-state index contributed by atoms with van der Waals surface area (Å²) in [6.45, 7) is 0.441. The van der Waals surface area contributed by atoms with Crippen LogP contribution in [-0.4, -0.2) is 30.4 Å². The highest BCUT2D eigenvalue weighted by Gasteiger charge is 2.37. The standard InChI is InChI=1S/C19H20N2O3/c1-24-17(14-8-3-2-4-9-14)19(23)21-12-11-13-7-5-6-10-15(13)16(21)18(20)22/h2-10,16-17H,11-12H2,1H3,(H2,20,22). The molecule has 2 atom stereocenters. The van der Waals surface area contributed by atoms with Crippen LogP contribution in [0.2, 0.25) is 0 Å². The normalized spacial score (nSPS) is 17.9. The van der Waals surface area contributed by atoms with E-state index in [2.05, 4.69) is 0 Å². The molecule has 1 aliphatic rings. The number of amides is 2. The Bertz CT molecular complexity index is 745. The first-order valence-corrected chi connectivity index (χ1v) is 7.89. The molecule has 0 fully saturated rings. The minimum absolute atomic E-state index is 0.248. The summed E-state index contributed by atoms with van der Waals surface area (Å²) in [4.78, 5) is 26.6. The van der Waals surface area contributed by atoms with Crippen molar-refractivity contribution in [3.63, 3.8) is 0 Å². The molecular weight excluding hydrogens is 304 g/mol. The third kappa shape index (κ3) is 2.90. The lowest BCUT2D eigenvalue weighted by Gasteiger charge is -2.37. The van der Waals surface area contributed by atoms with E-state index < -0.39 is 18.1 Å². The summed E-state index contributed by atoms with van der Waals surface area (Å²) >= 11 is 0. The molecule has 1 heterocycles. The molecule has 0 saturated heterocycles. The Morgan fingerprint density at radius 1 is 1.12 bits per heavy atom. The molecule has 2 aromatic carbocycles. The Kier molecular flexibility index (Phi) is 4.62. The van der Waals surface area contributed by atoms with Crippen LogP contribution in [0.4, 0.5) is 0 Å². The molecule has 1 aliphatic heterocycles. The number of hydrogen-bond acceptors (Lipinski definition) is 3. The zero-order valence-corrected chi connectivity index (χ0v) is 13.5. The molecule has 124 valence electrons. The van der Waals surface area contributed by atoms with E-state index in [1.54, 1.807) is 0 Å². The first-order chi connectivity index (χ1) is 11.6. The lowest BCUT2D eigenvalue weighted by molar-refractivity contribution is -0.149. The predicted octanol–water partition coefficient (Wildman–Crippen LogP) is 1.99. The fourth-order valence-electron chi connectivity index (χ4n) is 3.27. The van der Waals surface area contributed by atoms with E-state index in [9.17, 15) is 9.59 Å². The van der Waals surface area contributed by atoms with Crippen LogP contribution in [0.5, 0.6) is 0 Å². The quantitative estimate of drug-likeness (QED) is 0.935. The van der Waals surface area contributed by atoms with Crippen LogP contribution in [0.15, 0.2) is 54.6 Å². The Labute approximate surface area is 141 Å². The lowest BCUT2D eigenvalue weighted by atomic mass is 9.91. The monoisotopic (exact) mass is 324 g/mol. The van der Waals surface area contributed by atoms with Crippen LogP contribution >= 0.6 is 0 Å². The summed E-state index contributed by atoms with van der Waals surface area (Å²) < 4.78 is 5.42. The minimum atomic E-state index is -0.760. The van der Waals surface area contributed by atoms with Gasteiger partial charge in [0.1, 0.15) is 6.04 Å². The molecule has 3 rings (SSSR count). The van der Waals surface area contributed by atoms with E-state index in [0.29, 0.717) is 13.0 Å². The highest BCUT2D eigenvalue weighted by Crippen LogP contribution is 2.32. The molecule has 2 N–H and O–H groups in total. The van der Waals surface area contributed by atoms with Gasteiger partial charge in [-0.3, -0.25) is 9.59 Å². The van der Waals surface area contributed by atoms with Crippen LogP contribution in [0.25, 0.3) is 0 Å². The fourth-order valence-corrected chi connectivity index (χ4v) is 3.27. The first kappa shape index (κ1) is 16.2. The van der Waals surface area contributed by atoms with Crippen LogP contribution in [0, 0.1) is 0 Å². The topological polar surface area (TPSA) is 72.6 Å². The van der Waals surface area contributed by atoms with Gasteiger partial charge < -0.3 is 15.4 Å². The van der Waals surface area contributed by atoms with Gasteiger partial charge in [0.2, 0.25) is 5.91 Å². The second-order valence-corrected chi connectivity index (χ2v) is 5.81. The van der Waals surface area contributed by atoms with Crippen molar-refractivity contribution in [2.45, 2.75) is 18.6 Å². The number of carbonyl (C=O) groups is 2. The zero-order chi connectivity index (χ0) is 17.1. The van der Waals surface area contributed by atoms with Gasteiger partial charge in [-0.1, -0.05) is 54.6 Å². The molecule has 24 heavy (non-hydrogen) atoms. The molecule has 0 aliphatic carbocycles. The number of fused-ring (bicyclic) bond motifs is 1. The van der Waals surface area contributed by atoms with Gasteiger partial charge in [-0.2, -0.15) is 0 Å². The summed E-state index contributed by atoms with van der Waals surface area (Å²) in [7, 11) is 1.49. The van der Waals surface area contributed by atoms with Crippen molar-refractivity contribution in [1.29, 1.82) is 0 Å². The second-order valence-electron chi connectivity index (χ2n) is 5.81. The fraction of sp³-hybridized carbons (Fsp3) is 0.263. The van der Waals surface area contributed by atoms with Gasteiger partial charge in [0, 0.05) is 13.7 Å². The summed E-state index contributed by atoms with van der Waals surface area (Å²) in [5, 5.41) is 0. The van der Waals surface area contributed by atoms with E-state index in [4.69, 9.17) is 10.5 Å². The average Bonchev–Trinajstić information content (AvgIpc) is 2.62. The summed E-state index contributed by atoms with van der Waals surface area (Å²) in [6.07, 6.45) is -0.0602. The number of nitrogens with two attached hydrogens (primary N) is 1. The van der Waals surface area contributed by atoms with Crippen molar-refractivity contribution in [2.75, 3.05) is 13.7 Å². The third-order valence-corrected chi connectivity index (χ3v) is 4.40. The molecule has 5 heteroatoms. The van der Waals surface area contributed by atoms with Crippen molar-refractivity contribution in [2.24, 2.45) is 5.73 Å². The summed E-state index contributed by atoms with van der Waals surface area (Å²) in [6, 6.07) is 16.1. The molecule has 2 unspecified atom stereocenters. The average molecular weight is 324 g/mol. The molecular formula is C19H20N2O3. The molecule has 2 aromatic rings. The van der Waals surface area contributed by atoms with E-state index in [1.807, 2.05) is 54.6 Å². The van der Waals surface area contributed by atoms with Crippen molar-refractivity contribution in [3.05, 3.63) is 71.3 Å². The molecule has 0 radical (unpaired) electrons. The summed E-state index contributed by atoms with van der Waals surface area (Å²) in [5.41, 5.74) is 8.23. The van der Waals surface area contributed by atoms with Crippen LogP contribution in [0.3, 0.4) is 0 Å². The van der Waals surface area contributed by atoms with Crippen molar-refractivity contribution >= 4 is 11.8 Å². The molecule has 0 spiro atoms. The van der Waals surface area contributed by atoms with Crippen molar-refractivity contribution < 1.29 is 14.3 Å². The molecule has 5 nitrogen and oxygen atoms in total. The zero-order valence-electron chi connectivity index (χ0n) is 13.5. The van der Waals surface area contributed by atoms with Gasteiger partial charge in [0.25, 0.3) is 5.91 Å². The van der Waals surface area contributed by atoms with Crippen molar-refractivity contribution in [3.8, 4) is 0 Å². The molecule has 0 saturated carbocycles. The molecule has 0 bridgehead atoms. The Hall–Kier alpha value is -2.66. The maximum Gasteiger partial charge on any atom is 0.257 e. The number of ether oxygens (including phenoxy) is 1. The number of carbonyl (C=O) groups excluding carboxylic acids is 2. The summed E-state index contributed by atoms with van der Waals surface area (Å²) in [5.74, 6) is -0.777.